The minimum absolute atomic E-state index is 0.129. The number of carbonyl (C=O) groups excluding carboxylic acids is 1. The predicted molar refractivity (Wildman–Crippen MR) is 43.0 cm³/mol. The molecule has 11 heavy (non-hydrogen) atoms. The molecule has 1 aliphatic heterocycles. The molecule has 0 fully saturated rings. The van der Waals surface area contributed by atoms with Crippen molar-refractivity contribution in [3.63, 3.8) is 0 Å². The Bertz CT molecular complexity index is 240. The zero-order chi connectivity index (χ0) is 8.43. The van der Waals surface area contributed by atoms with E-state index < -0.39 is 0 Å². The standard InChI is InChI=1S/C7H11N3O/c1-5-6(4-10(2)3)7(11)9-8-5/h4H,1-3H3,(H,9,11)/b6-4-. The summed E-state index contributed by atoms with van der Waals surface area (Å²) >= 11 is 0. The Morgan fingerprint density at radius 2 is 2.18 bits per heavy atom. The van der Waals surface area contributed by atoms with Gasteiger partial charge in [0.1, 0.15) is 0 Å². The fraction of sp³-hybridized carbons (Fsp3) is 0.429. The van der Waals surface area contributed by atoms with Gasteiger partial charge in [0, 0.05) is 20.3 Å². The second kappa shape index (κ2) is 2.74. The lowest BCUT2D eigenvalue weighted by atomic mass is 10.2. The Kier molecular flexibility index (Phi) is 1.94. The van der Waals surface area contributed by atoms with E-state index in [-0.39, 0.29) is 5.91 Å². The molecule has 1 aliphatic rings. The number of amides is 1. The molecule has 1 rings (SSSR count). The van der Waals surface area contributed by atoms with Crippen molar-refractivity contribution in [2.45, 2.75) is 6.92 Å². The fourth-order valence-corrected chi connectivity index (χ4v) is 0.830. The van der Waals surface area contributed by atoms with Gasteiger partial charge in [-0.15, -0.1) is 0 Å². The summed E-state index contributed by atoms with van der Waals surface area (Å²) in [6, 6.07) is 0. The van der Waals surface area contributed by atoms with Gasteiger partial charge >= 0.3 is 0 Å². The van der Waals surface area contributed by atoms with E-state index in [4.69, 9.17) is 0 Å². The Hall–Kier alpha value is -1.32. The highest BCUT2D eigenvalue weighted by Gasteiger charge is 2.18. The van der Waals surface area contributed by atoms with Crippen molar-refractivity contribution in [1.29, 1.82) is 0 Å². The molecule has 0 aromatic heterocycles. The summed E-state index contributed by atoms with van der Waals surface area (Å²) < 4.78 is 0. The fourth-order valence-electron chi connectivity index (χ4n) is 0.830. The van der Waals surface area contributed by atoms with Crippen LogP contribution in [0.2, 0.25) is 0 Å². The van der Waals surface area contributed by atoms with Gasteiger partial charge in [-0.25, -0.2) is 5.43 Å². The molecular formula is C7H11N3O. The van der Waals surface area contributed by atoms with Gasteiger partial charge in [-0.05, 0) is 6.92 Å². The molecule has 0 saturated carbocycles. The largest absolute Gasteiger partial charge is 0.383 e. The van der Waals surface area contributed by atoms with E-state index in [0.29, 0.717) is 5.57 Å². The first-order valence-electron chi connectivity index (χ1n) is 3.34. The van der Waals surface area contributed by atoms with E-state index in [1.165, 1.54) is 0 Å². The molecule has 4 nitrogen and oxygen atoms in total. The quantitative estimate of drug-likeness (QED) is 0.536. The summed E-state index contributed by atoms with van der Waals surface area (Å²) in [7, 11) is 3.73. The summed E-state index contributed by atoms with van der Waals surface area (Å²) in [5.41, 5.74) is 3.75. The number of hydrazone groups is 1. The zero-order valence-corrected chi connectivity index (χ0v) is 6.88. The van der Waals surface area contributed by atoms with Crippen LogP contribution >= 0.6 is 0 Å². The topological polar surface area (TPSA) is 44.7 Å². The molecule has 0 aromatic rings. The molecule has 0 radical (unpaired) electrons. The Morgan fingerprint density at radius 3 is 2.55 bits per heavy atom. The second-order valence-corrected chi connectivity index (χ2v) is 2.64. The SMILES string of the molecule is CC1=NNC(=O)/C1=C\N(C)C. The van der Waals surface area contributed by atoms with Crippen molar-refractivity contribution in [2.75, 3.05) is 14.1 Å². The van der Waals surface area contributed by atoms with Gasteiger partial charge in [-0.1, -0.05) is 0 Å². The van der Waals surface area contributed by atoms with E-state index in [2.05, 4.69) is 10.5 Å². The highest BCUT2D eigenvalue weighted by atomic mass is 16.2. The van der Waals surface area contributed by atoms with Crippen LogP contribution in [0.5, 0.6) is 0 Å². The first-order chi connectivity index (χ1) is 5.11. The first kappa shape index (κ1) is 7.78. The van der Waals surface area contributed by atoms with Gasteiger partial charge in [0.05, 0.1) is 11.3 Å². The third-order valence-corrected chi connectivity index (χ3v) is 1.35. The minimum atomic E-state index is -0.129. The Balaban J connectivity index is 2.86. The average Bonchev–Trinajstić information content (AvgIpc) is 2.18. The van der Waals surface area contributed by atoms with Gasteiger partial charge in [-0.3, -0.25) is 4.79 Å². The number of nitrogens with zero attached hydrogens (tertiary/aromatic N) is 2. The number of carbonyl (C=O) groups is 1. The smallest absolute Gasteiger partial charge is 0.274 e. The molecule has 4 heteroatoms. The molecule has 0 spiro atoms. The molecule has 0 bridgehead atoms. The van der Waals surface area contributed by atoms with Crippen LogP contribution in [0.1, 0.15) is 6.92 Å². The molecule has 0 saturated heterocycles. The Morgan fingerprint density at radius 1 is 1.55 bits per heavy atom. The molecule has 0 atom stereocenters. The molecule has 60 valence electrons. The maximum absolute atomic E-state index is 11.0. The first-order valence-corrected chi connectivity index (χ1v) is 3.34. The minimum Gasteiger partial charge on any atom is -0.383 e. The van der Waals surface area contributed by atoms with Crippen molar-refractivity contribution in [1.82, 2.24) is 10.3 Å². The molecule has 0 aromatic carbocycles. The lowest BCUT2D eigenvalue weighted by Crippen LogP contribution is -2.15. The van der Waals surface area contributed by atoms with Crippen LogP contribution in [-0.2, 0) is 4.79 Å². The second-order valence-electron chi connectivity index (χ2n) is 2.64. The Labute approximate surface area is 65.6 Å². The van der Waals surface area contributed by atoms with E-state index in [9.17, 15) is 4.79 Å². The van der Waals surface area contributed by atoms with Crippen LogP contribution in [-0.4, -0.2) is 30.6 Å². The van der Waals surface area contributed by atoms with Gasteiger partial charge < -0.3 is 4.90 Å². The average molecular weight is 153 g/mol. The highest BCUT2D eigenvalue weighted by Crippen LogP contribution is 2.04. The van der Waals surface area contributed by atoms with Crippen molar-refractivity contribution in [3.05, 3.63) is 11.8 Å². The predicted octanol–water partition coefficient (Wildman–Crippen LogP) is -0.0624. The summed E-state index contributed by atoms with van der Waals surface area (Å²) in [6.07, 6.45) is 1.75. The van der Waals surface area contributed by atoms with E-state index >= 15 is 0 Å². The summed E-state index contributed by atoms with van der Waals surface area (Å²) in [6.45, 7) is 1.80. The molecule has 0 aliphatic carbocycles. The van der Waals surface area contributed by atoms with Crippen LogP contribution in [0.15, 0.2) is 16.9 Å². The zero-order valence-electron chi connectivity index (χ0n) is 6.88. The van der Waals surface area contributed by atoms with Crippen molar-refractivity contribution in [3.8, 4) is 0 Å². The lowest BCUT2D eigenvalue weighted by Gasteiger charge is -2.04. The molecule has 1 amide bonds. The van der Waals surface area contributed by atoms with Gasteiger partial charge in [0.2, 0.25) is 0 Å². The summed E-state index contributed by atoms with van der Waals surface area (Å²) in [4.78, 5) is 12.8. The maximum atomic E-state index is 11.0. The van der Waals surface area contributed by atoms with Gasteiger partial charge in [0.15, 0.2) is 0 Å². The molecule has 1 N–H and O–H groups in total. The van der Waals surface area contributed by atoms with E-state index in [1.54, 1.807) is 13.1 Å². The summed E-state index contributed by atoms with van der Waals surface area (Å²) in [5, 5.41) is 3.77. The van der Waals surface area contributed by atoms with Gasteiger partial charge in [0.25, 0.3) is 5.91 Å². The number of hydrogen-bond acceptors (Lipinski definition) is 3. The number of nitrogens with one attached hydrogen (secondary N) is 1. The number of hydrogen-bond donors (Lipinski definition) is 1. The third kappa shape index (κ3) is 1.58. The molecular weight excluding hydrogens is 142 g/mol. The van der Waals surface area contributed by atoms with Crippen molar-refractivity contribution in [2.24, 2.45) is 5.10 Å². The maximum Gasteiger partial charge on any atom is 0.274 e. The molecule has 0 unspecified atom stereocenters. The van der Waals surface area contributed by atoms with Crippen LogP contribution in [0.25, 0.3) is 0 Å². The van der Waals surface area contributed by atoms with Gasteiger partial charge in [-0.2, -0.15) is 5.10 Å². The number of rotatable bonds is 1. The van der Waals surface area contributed by atoms with Crippen LogP contribution < -0.4 is 5.43 Å². The van der Waals surface area contributed by atoms with E-state index in [0.717, 1.165) is 5.71 Å². The monoisotopic (exact) mass is 153 g/mol. The summed E-state index contributed by atoms with van der Waals surface area (Å²) in [5.74, 6) is -0.129. The molecule has 1 heterocycles. The normalized spacial score (nSPS) is 20.1. The van der Waals surface area contributed by atoms with Crippen molar-refractivity contribution >= 4 is 11.6 Å². The van der Waals surface area contributed by atoms with Crippen molar-refractivity contribution < 1.29 is 4.79 Å². The lowest BCUT2D eigenvalue weighted by molar-refractivity contribution is -0.116. The van der Waals surface area contributed by atoms with E-state index in [1.807, 2.05) is 19.0 Å². The van der Waals surface area contributed by atoms with Crippen LogP contribution in [0, 0.1) is 0 Å². The highest BCUT2D eigenvalue weighted by molar-refractivity contribution is 6.23. The third-order valence-electron chi connectivity index (χ3n) is 1.35. The van der Waals surface area contributed by atoms with Crippen LogP contribution in [0.3, 0.4) is 0 Å². The van der Waals surface area contributed by atoms with Crippen LogP contribution in [0.4, 0.5) is 0 Å².